The van der Waals surface area contributed by atoms with E-state index in [0.717, 1.165) is 39.0 Å². The molecule has 0 atom stereocenters. The first-order valence-electron chi connectivity index (χ1n) is 5.51. The van der Waals surface area contributed by atoms with E-state index in [2.05, 4.69) is 17.4 Å². The monoisotopic (exact) mass is 233 g/mol. The molecule has 5 heteroatoms. The van der Waals surface area contributed by atoms with Crippen LogP contribution in [0.4, 0.5) is 0 Å². The lowest BCUT2D eigenvalue weighted by Gasteiger charge is -2.32. The van der Waals surface area contributed by atoms with Gasteiger partial charge in [-0.15, -0.1) is 11.6 Å². The first-order chi connectivity index (χ1) is 7.22. The van der Waals surface area contributed by atoms with Crippen molar-refractivity contribution in [1.29, 1.82) is 0 Å². The predicted molar refractivity (Wildman–Crippen MR) is 61.8 cm³/mol. The van der Waals surface area contributed by atoms with Gasteiger partial charge in [-0.3, -0.25) is 10.2 Å². The van der Waals surface area contributed by atoms with Gasteiger partial charge in [0, 0.05) is 38.5 Å². The Hall–Kier alpha value is -0.320. The Balaban J connectivity index is 2.09. The normalized spacial score (nSPS) is 19.1. The number of hydrogen-bond donors (Lipinski definition) is 1. The van der Waals surface area contributed by atoms with Gasteiger partial charge in [-0.1, -0.05) is 0 Å². The fourth-order valence-electron chi connectivity index (χ4n) is 1.53. The molecule has 0 aromatic rings. The van der Waals surface area contributed by atoms with E-state index < -0.39 is 0 Å². The summed E-state index contributed by atoms with van der Waals surface area (Å²) in [5, 5.41) is 2.00. The lowest BCUT2D eigenvalue weighted by molar-refractivity contribution is -0.126. The second-order valence-electron chi connectivity index (χ2n) is 3.97. The van der Waals surface area contributed by atoms with Crippen molar-refractivity contribution in [3.8, 4) is 0 Å². The summed E-state index contributed by atoms with van der Waals surface area (Å²) < 4.78 is 0. The Morgan fingerprint density at radius 1 is 1.27 bits per heavy atom. The van der Waals surface area contributed by atoms with E-state index in [9.17, 15) is 4.79 Å². The summed E-state index contributed by atoms with van der Waals surface area (Å²) in [6.45, 7) is 3.86. The highest BCUT2D eigenvalue weighted by molar-refractivity contribution is 6.17. The zero-order valence-electron chi connectivity index (χ0n) is 9.34. The van der Waals surface area contributed by atoms with Gasteiger partial charge >= 0.3 is 0 Å². The number of rotatable bonds is 5. The summed E-state index contributed by atoms with van der Waals surface area (Å²) in [7, 11) is 2.10. The van der Waals surface area contributed by atoms with Crippen LogP contribution in [0.3, 0.4) is 0 Å². The van der Waals surface area contributed by atoms with E-state index in [1.165, 1.54) is 0 Å². The molecule has 1 aliphatic rings. The van der Waals surface area contributed by atoms with Gasteiger partial charge in [-0.25, -0.2) is 5.01 Å². The van der Waals surface area contributed by atoms with Crippen LogP contribution in [0.5, 0.6) is 0 Å². The maximum absolute atomic E-state index is 11.5. The smallest absolute Gasteiger partial charge is 0.234 e. The molecule has 88 valence electrons. The highest BCUT2D eigenvalue weighted by atomic mass is 35.5. The molecule has 0 radical (unpaired) electrons. The van der Waals surface area contributed by atoms with E-state index >= 15 is 0 Å². The molecule has 0 aliphatic carbocycles. The third-order valence-corrected chi connectivity index (χ3v) is 2.84. The second-order valence-corrected chi connectivity index (χ2v) is 4.35. The van der Waals surface area contributed by atoms with Crippen molar-refractivity contribution >= 4 is 17.5 Å². The van der Waals surface area contributed by atoms with Crippen LogP contribution >= 0.6 is 11.6 Å². The summed E-state index contributed by atoms with van der Waals surface area (Å²) in [4.78, 5) is 13.7. The van der Waals surface area contributed by atoms with Gasteiger partial charge in [0.05, 0.1) is 0 Å². The number of hydrazine groups is 1. The number of alkyl halides is 1. The minimum Gasteiger partial charge on any atom is -0.304 e. The van der Waals surface area contributed by atoms with Crippen LogP contribution in [0.15, 0.2) is 0 Å². The number of hydrogen-bond acceptors (Lipinski definition) is 3. The van der Waals surface area contributed by atoms with Crippen molar-refractivity contribution in [1.82, 2.24) is 15.3 Å². The second kappa shape index (κ2) is 7.04. The van der Waals surface area contributed by atoms with E-state index in [4.69, 9.17) is 11.6 Å². The number of carbonyl (C=O) groups is 1. The largest absolute Gasteiger partial charge is 0.304 e. The maximum atomic E-state index is 11.5. The predicted octanol–water partition coefficient (Wildman–Crippen LogP) is 0.674. The molecule has 1 rings (SSSR count). The average Bonchev–Trinajstić information content (AvgIpc) is 2.22. The van der Waals surface area contributed by atoms with Crippen molar-refractivity contribution in [2.75, 3.05) is 39.1 Å². The van der Waals surface area contributed by atoms with E-state index in [1.807, 2.05) is 5.01 Å². The number of halogens is 1. The Bertz CT molecular complexity index is 193. The average molecular weight is 234 g/mol. The number of likely N-dealkylation sites (N-methyl/N-ethyl adjacent to an activating group) is 1. The topological polar surface area (TPSA) is 35.6 Å². The minimum absolute atomic E-state index is 0.115. The third-order valence-electron chi connectivity index (χ3n) is 2.57. The zero-order chi connectivity index (χ0) is 11.1. The maximum Gasteiger partial charge on any atom is 0.234 e. The van der Waals surface area contributed by atoms with Crippen molar-refractivity contribution in [3.63, 3.8) is 0 Å². The molecule has 15 heavy (non-hydrogen) atoms. The zero-order valence-corrected chi connectivity index (χ0v) is 10.1. The number of amides is 1. The summed E-state index contributed by atoms with van der Waals surface area (Å²) >= 11 is 5.55. The molecule has 1 heterocycles. The van der Waals surface area contributed by atoms with Crippen molar-refractivity contribution in [2.24, 2.45) is 0 Å². The molecular formula is C10H20ClN3O. The van der Waals surface area contributed by atoms with E-state index in [-0.39, 0.29) is 5.91 Å². The van der Waals surface area contributed by atoms with Crippen LogP contribution in [0.2, 0.25) is 0 Å². The molecule has 0 saturated carbocycles. The number of nitrogens with one attached hydrogen (secondary N) is 1. The molecular weight excluding hydrogens is 214 g/mol. The molecule has 1 fully saturated rings. The highest BCUT2D eigenvalue weighted by Crippen LogP contribution is 1.99. The SMILES string of the molecule is CN1CCN(NC(=O)CCCCCl)CC1. The van der Waals surface area contributed by atoms with Gasteiger partial charge in [0.1, 0.15) is 0 Å². The van der Waals surface area contributed by atoms with Crippen molar-refractivity contribution in [3.05, 3.63) is 0 Å². The first kappa shape index (κ1) is 12.7. The minimum atomic E-state index is 0.115. The van der Waals surface area contributed by atoms with Crippen LogP contribution in [0, 0.1) is 0 Å². The molecule has 1 aliphatic heterocycles. The Labute approximate surface area is 96.5 Å². The molecule has 4 nitrogen and oxygen atoms in total. The molecule has 0 spiro atoms. The van der Waals surface area contributed by atoms with E-state index in [1.54, 1.807) is 0 Å². The Morgan fingerprint density at radius 3 is 2.53 bits per heavy atom. The Morgan fingerprint density at radius 2 is 1.93 bits per heavy atom. The van der Waals surface area contributed by atoms with Crippen molar-refractivity contribution < 1.29 is 4.79 Å². The molecule has 1 amide bonds. The summed E-state index contributed by atoms with van der Waals surface area (Å²) in [5.41, 5.74) is 2.92. The van der Waals surface area contributed by atoms with Crippen LogP contribution < -0.4 is 5.43 Å². The molecule has 1 saturated heterocycles. The summed E-state index contributed by atoms with van der Waals surface area (Å²) in [6, 6.07) is 0. The molecule has 0 aromatic carbocycles. The van der Waals surface area contributed by atoms with Gasteiger partial charge in [0.2, 0.25) is 5.91 Å². The van der Waals surface area contributed by atoms with Crippen LogP contribution in [-0.2, 0) is 4.79 Å². The van der Waals surface area contributed by atoms with Gasteiger partial charge in [-0.2, -0.15) is 0 Å². The van der Waals surface area contributed by atoms with Gasteiger partial charge < -0.3 is 4.90 Å². The highest BCUT2D eigenvalue weighted by Gasteiger charge is 2.14. The third kappa shape index (κ3) is 5.35. The van der Waals surface area contributed by atoms with Gasteiger partial charge in [-0.05, 0) is 19.9 Å². The lowest BCUT2D eigenvalue weighted by atomic mass is 10.2. The summed E-state index contributed by atoms with van der Waals surface area (Å²) in [6.07, 6.45) is 2.37. The van der Waals surface area contributed by atoms with Gasteiger partial charge in [0.15, 0.2) is 0 Å². The number of piperazine rings is 1. The number of nitrogens with zero attached hydrogens (tertiary/aromatic N) is 2. The fraction of sp³-hybridized carbons (Fsp3) is 0.900. The first-order valence-corrected chi connectivity index (χ1v) is 6.05. The van der Waals surface area contributed by atoms with Crippen molar-refractivity contribution in [2.45, 2.75) is 19.3 Å². The van der Waals surface area contributed by atoms with Crippen LogP contribution in [0.1, 0.15) is 19.3 Å². The Kier molecular flexibility index (Phi) is 5.98. The molecule has 0 unspecified atom stereocenters. The van der Waals surface area contributed by atoms with Gasteiger partial charge in [0.25, 0.3) is 0 Å². The number of carbonyl (C=O) groups excluding carboxylic acids is 1. The fourth-order valence-corrected chi connectivity index (χ4v) is 1.72. The lowest BCUT2D eigenvalue weighted by Crippen LogP contribution is -2.52. The van der Waals surface area contributed by atoms with Crippen LogP contribution in [0.25, 0.3) is 0 Å². The standard InChI is InChI=1S/C10H20ClN3O/c1-13-6-8-14(9-7-13)12-10(15)4-2-3-5-11/h2-9H2,1H3,(H,12,15). The number of unbranched alkanes of at least 4 members (excludes halogenated alkanes) is 1. The van der Waals surface area contributed by atoms with Crippen LogP contribution in [-0.4, -0.2) is 54.9 Å². The summed E-state index contributed by atoms with van der Waals surface area (Å²) in [5.74, 6) is 0.756. The molecule has 0 aromatic heterocycles. The molecule has 0 bridgehead atoms. The van der Waals surface area contributed by atoms with E-state index in [0.29, 0.717) is 12.3 Å². The quantitative estimate of drug-likeness (QED) is 0.560. The molecule has 1 N–H and O–H groups in total.